The molecule has 3 aromatic rings. The van der Waals surface area contributed by atoms with Crippen LogP contribution in [0.3, 0.4) is 0 Å². The van der Waals surface area contributed by atoms with E-state index < -0.39 is 11.0 Å². The second-order valence-electron chi connectivity index (χ2n) is 5.65. The van der Waals surface area contributed by atoms with Gasteiger partial charge in [0.15, 0.2) is 0 Å². The van der Waals surface area contributed by atoms with Gasteiger partial charge in [0.25, 0.3) is 5.69 Å². The molecule has 6 nitrogen and oxygen atoms in total. The topological polar surface area (TPSA) is 88.3 Å². The van der Waals surface area contributed by atoms with E-state index in [1.807, 2.05) is 24.3 Å². The van der Waals surface area contributed by atoms with Gasteiger partial charge in [0, 0.05) is 17.3 Å². The fourth-order valence-corrected chi connectivity index (χ4v) is 2.87. The molecule has 1 unspecified atom stereocenters. The van der Waals surface area contributed by atoms with Crippen molar-refractivity contribution in [3.8, 4) is 0 Å². The van der Waals surface area contributed by atoms with Crippen molar-refractivity contribution in [2.75, 3.05) is 5.32 Å². The third-order valence-electron chi connectivity index (χ3n) is 3.91. The molecular formula is C19H16ClN3O3. The highest BCUT2D eigenvalue weighted by molar-refractivity contribution is 6.30. The van der Waals surface area contributed by atoms with Crippen LogP contribution in [0, 0.1) is 10.1 Å². The van der Waals surface area contributed by atoms with E-state index in [-0.39, 0.29) is 12.3 Å². The van der Waals surface area contributed by atoms with E-state index in [1.54, 1.807) is 30.5 Å². The first kappa shape index (κ1) is 17.8. The molecule has 0 bridgehead atoms. The lowest BCUT2D eigenvalue weighted by atomic mass is 10.0. The largest absolute Gasteiger partial charge is 0.392 e. The maximum absolute atomic E-state index is 11.4. The van der Waals surface area contributed by atoms with Crippen LogP contribution in [0.5, 0.6) is 0 Å². The molecule has 132 valence electrons. The fraction of sp³-hybridized carbons (Fsp3) is 0.105. The van der Waals surface area contributed by atoms with Crippen LogP contribution in [0.15, 0.2) is 66.9 Å². The van der Waals surface area contributed by atoms with Gasteiger partial charge in [-0.15, -0.1) is 0 Å². The summed E-state index contributed by atoms with van der Waals surface area (Å²) >= 11 is 6.12. The van der Waals surface area contributed by atoms with E-state index in [0.29, 0.717) is 22.0 Å². The minimum absolute atomic E-state index is 0.0786. The lowest BCUT2D eigenvalue weighted by molar-refractivity contribution is -0.384. The lowest BCUT2D eigenvalue weighted by Gasteiger charge is -2.20. The summed E-state index contributed by atoms with van der Waals surface area (Å²) in [6.07, 6.45) is 1.66. The standard InChI is InChI=1S/C19H16ClN3O3/c20-15-5-3-4-14(11-15)19(16-6-1-2-9-21-16)22-17-10-13(12-24)7-8-18(17)23(25)26/h1-11,19,22,24H,12H2. The number of nitrogens with one attached hydrogen (secondary N) is 1. The Morgan fingerprint density at radius 1 is 1.15 bits per heavy atom. The first-order chi connectivity index (χ1) is 12.6. The Hall–Kier alpha value is -2.96. The third kappa shape index (κ3) is 3.99. The van der Waals surface area contributed by atoms with Crippen molar-refractivity contribution in [1.29, 1.82) is 0 Å². The van der Waals surface area contributed by atoms with Gasteiger partial charge in [0.2, 0.25) is 0 Å². The fourth-order valence-electron chi connectivity index (χ4n) is 2.67. The number of anilines is 1. The molecule has 0 aliphatic carbocycles. The number of aliphatic hydroxyl groups is 1. The average Bonchev–Trinajstić information content (AvgIpc) is 2.66. The number of halogens is 1. The molecule has 1 atom stereocenters. The number of aliphatic hydroxyl groups excluding tert-OH is 1. The van der Waals surface area contributed by atoms with Crippen LogP contribution in [0.2, 0.25) is 5.02 Å². The van der Waals surface area contributed by atoms with Gasteiger partial charge in [-0.3, -0.25) is 15.1 Å². The Labute approximate surface area is 155 Å². The predicted molar refractivity (Wildman–Crippen MR) is 100 cm³/mol. The maximum atomic E-state index is 11.4. The number of hydrogen-bond donors (Lipinski definition) is 2. The summed E-state index contributed by atoms with van der Waals surface area (Å²) in [5.74, 6) is 0. The van der Waals surface area contributed by atoms with E-state index >= 15 is 0 Å². The summed E-state index contributed by atoms with van der Waals surface area (Å²) in [5.41, 5.74) is 2.31. The summed E-state index contributed by atoms with van der Waals surface area (Å²) in [6.45, 7) is -0.210. The van der Waals surface area contributed by atoms with E-state index in [2.05, 4.69) is 10.3 Å². The normalized spacial score (nSPS) is 11.8. The lowest BCUT2D eigenvalue weighted by Crippen LogP contribution is -2.15. The SMILES string of the molecule is O=[N+]([O-])c1ccc(CO)cc1NC(c1cccc(Cl)c1)c1ccccn1. The Kier molecular flexibility index (Phi) is 5.46. The van der Waals surface area contributed by atoms with E-state index in [4.69, 9.17) is 11.6 Å². The highest BCUT2D eigenvalue weighted by atomic mass is 35.5. The van der Waals surface area contributed by atoms with E-state index in [9.17, 15) is 15.2 Å². The summed E-state index contributed by atoms with van der Waals surface area (Å²) < 4.78 is 0. The van der Waals surface area contributed by atoms with Gasteiger partial charge < -0.3 is 10.4 Å². The van der Waals surface area contributed by atoms with Gasteiger partial charge in [-0.05, 0) is 47.5 Å². The molecule has 2 N–H and O–H groups in total. The Balaban J connectivity index is 2.08. The number of nitrogens with zero attached hydrogens (tertiary/aromatic N) is 2. The summed E-state index contributed by atoms with van der Waals surface area (Å²) in [5, 5.41) is 24.5. The molecule has 7 heteroatoms. The quantitative estimate of drug-likeness (QED) is 0.498. The molecule has 3 rings (SSSR count). The number of benzene rings is 2. The van der Waals surface area contributed by atoms with Crippen LogP contribution in [0.25, 0.3) is 0 Å². The van der Waals surface area contributed by atoms with Crippen molar-refractivity contribution in [3.63, 3.8) is 0 Å². The number of hydrogen-bond acceptors (Lipinski definition) is 5. The molecule has 0 aliphatic heterocycles. The number of nitro benzene ring substituents is 1. The van der Waals surface area contributed by atoms with Crippen LogP contribution in [-0.2, 0) is 6.61 Å². The molecule has 0 saturated heterocycles. The number of pyridine rings is 1. The van der Waals surface area contributed by atoms with E-state index in [0.717, 1.165) is 5.56 Å². The zero-order chi connectivity index (χ0) is 18.5. The molecule has 0 amide bonds. The third-order valence-corrected chi connectivity index (χ3v) is 4.14. The Bertz CT molecular complexity index is 919. The summed E-state index contributed by atoms with van der Waals surface area (Å²) in [4.78, 5) is 15.3. The number of aromatic nitrogens is 1. The highest BCUT2D eigenvalue weighted by Gasteiger charge is 2.21. The Morgan fingerprint density at radius 3 is 2.65 bits per heavy atom. The summed E-state index contributed by atoms with van der Waals surface area (Å²) in [7, 11) is 0. The van der Waals surface area contributed by atoms with Crippen molar-refractivity contribution >= 4 is 23.0 Å². The summed E-state index contributed by atoms with van der Waals surface area (Å²) in [6, 6.07) is 16.7. The van der Waals surface area contributed by atoms with Crippen molar-refractivity contribution in [1.82, 2.24) is 4.98 Å². The molecule has 0 saturated carbocycles. The van der Waals surface area contributed by atoms with Crippen LogP contribution >= 0.6 is 11.6 Å². The minimum Gasteiger partial charge on any atom is -0.392 e. The van der Waals surface area contributed by atoms with Crippen LogP contribution < -0.4 is 5.32 Å². The molecule has 0 spiro atoms. The van der Waals surface area contributed by atoms with Crippen molar-refractivity contribution in [2.45, 2.75) is 12.6 Å². The molecular weight excluding hydrogens is 354 g/mol. The van der Waals surface area contributed by atoms with Crippen molar-refractivity contribution in [3.05, 3.63) is 98.8 Å². The van der Waals surface area contributed by atoms with Gasteiger partial charge >= 0.3 is 0 Å². The second-order valence-corrected chi connectivity index (χ2v) is 6.09. The molecule has 1 aromatic heterocycles. The first-order valence-corrected chi connectivity index (χ1v) is 8.27. The van der Waals surface area contributed by atoms with E-state index in [1.165, 1.54) is 12.1 Å². The van der Waals surface area contributed by atoms with Crippen molar-refractivity contribution < 1.29 is 10.0 Å². The number of nitro groups is 1. The average molecular weight is 370 g/mol. The molecule has 0 aliphatic rings. The Morgan fingerprint density at radius 2 is 2.00 bits per heavy atom. The zero-order valence-electron chi connectivity index (χ0n) is 13.7. The predicted octanol–water partition coefficient (Wildman–Crippen LogP) is 4.34. The smallest absolute Gasteiger partial charge is 0.292 e. The number of rotatable bonds is 6. The van der Waals surface area contributed by atoms with Gasteiger partial charge in [-0.25, -0.2) is 0 Å². The monoisotopic (exact) mass is 369 g/mol. The molecule has 2 aromatic carbocycles. The highest BCUT2D eigenvalue weighted by Crippen LogP contribution is 2.32. The zero-order valence-corrected chi connectivity index (χ0v) is 14.4. The molecule has 1 heterocycles. The molecule has 0 radical (unpaired) electrons. The van der Waals surface area contributed by atoms with Crippen LogP contribution in [0.4, 0.5) is 11.4 Å². The molecule has 0 fully saturated rings. The van der Waals surface area contributed by atoms with Crippen LogP contribution in [-0.4, -0.2) is 15.0 Å². The molecule has 26 heavy (non-hydrogen) atoms. The second kappa shape index (κ2) is 7.95. The van der Waals surface area contributed by atoms with Gasteiger partial charge in [0.1, 0.15) is 5.69 Å². The van der Waals surface area contributed by atoms with Crippen LogP contribution in [0.1, 0.15) is 22.9 Å². The van der Waals surface area contributed by atoms with Crippen molar-refractivity contribution in [2.24, 2.45) is 0 Å². The van der Waals surface area contributed by atoms with Gasteiger partial charge in [-0.2, -0.15) is 0 Å². The maximum Gasteiger partial charge on any atom is 0.292 e. The first-order valence-electron chi connectivity index (χ1n) is 7.89. The van der Waals surface area contributed by atoms with Gasteiger partial charge in [-0.1, -0.05) is 29.8 Å². The minimum atomic E-state index is -0.461. The van der Waals surface area contributed by atoms with Gasteiger partial charge in [0.05, 0.1) is 23.3 Å².